The van der Waals surface area contributed by atoms with Crippen molar-refractivity contribution in [2.45, 2.75) is 75.9 Å². The molecule has 2 aliphatic rings. The van der Waals surface area contributed by atoms with Crippen LogP contribution in [0.1, 0.15) is 57.4 Å². The molecule has 2 saturated carbocycles. The molecule has 0 radical (unpaired) electrons. The number of halogens is 5. The van der Waals surface area contributed by atoms with Crippen LogP contribution < -0.4 is 21.1 Å². The van der Waals surface area contributed by atoms with Crippen molar-refractivity contribution in [2.75, 3.05) is 10.6 Å². The number of nitrogens with one attached hydrogen (secondary N) is 2. The molecule has 0 unspecified atom stereocenters. The largest absolute Gasteiger partial charge is 0.573 e. The summed E-state index contributed by atoms with van der Waals surface area (Å²) in [6.45, 7) is 0. The first-order valence-electron chi connectivity index (χ1n) is 11.7. The summed E-state index contributed by atoms with van der Waals surface area (Å²) in [6.07, 6.45) is 5.43. The van der Waals surface area contributed by atoms with Crippen molar-refractivity contribution in [3.8, 4) is 5.75 Å². The van der Waals surface area contributed by atoms with E-state index in [-0.39, 0.29) is 42.6 Å². The Morgan fingerprint density at radius 1 is 0.944 bits per heavy atom. The number of benzene rings is 1. The minimum Gasteiger partial charge on any atom is -0.406 e. The highest BCUT2D eigenvalue weighted by molar-refractivity contribution is 5.87. The molecule has 0 atom stereocenters. The predicted molar refractivity (Wildman–Crippen MR) is 138 cm³/mol. The van der Waals surface area contributed by atoms with E-state index in [9.17, 15) is 13.2 Å². The zero-order valence-electron chi connectivity index (χ0n) is 19.5. The van der Waals surface area contributed by atoms with Crippen LogP contribution in [0.3, 0.4) is 0 Å². The molecule has 2 fully saturated rings. The summed E-state index contributed by atoms with van der Waals surface area (Å²) in [7, 11) is 0. The average Bonchev–Trinajstić information content (AvgIpc) is 3.46. The van der Waals surface area contributed by atoms with Crippen LogP contribution in [0.4, 0.5) is 30.6 Å². The molecule has 2 heterocycles. The van der Waals surface area contributed by atoms with Gasteiger partial charge >= 0.3 is 6.36 Å². The second kappa shape index (κ2) is 11.7. The quantitative estimate of drug-likeness (QED) is 0.342. The van der Waals surface area contributed by atoms with Gasteiger partial charge in [0.2, 0.25) is 5.95 Å². The van der Waals surface area contributed by atoms with Crippen molar-refractivity contribution >= 4 is 53.4 Å². The summed E-state index contributed by atoms with van der Waals surface area (Å²) in [4.78, 5) is 14.1. The van der Waals surface area contributed by atoms with Crippen LogP contribution in [0, 0.1) is 0 Å². The van der Waals surface area contributed by atoms with Gasteiger partial charge in [-0.3, -0.25) is 0 Å². The molecule has 0 saturated heterocycles. The average molecular weight is 548 g/mol. The summed E-state index contributed by atoms with van der Waals surface area (Å²) in [5.74, 6) is 0.725. The van der Waals surface area contributed by atoms with Crippen molar-refractivity contribution in [3.63, 3.8) is 0 Å². The van der Waals surface area contributed by atoms with Crippen LogP contribution in [0.25, 0.3) is 11.2 Å². The van der Waals surface area contributed by atoms with Gasteiger partial charge in [-0.2, -0.15) is 9.97 Å². The minimum atomic E-state index is -4.73. The topological polar surface area (TPSA) is 103 Å². The Morgan fingerprint density at radius 3 is 2.25 bits per heavy atom. The smallest absolute Gasteiger partial charge is 0.406 e. The summed E-state index contributed by atoms with van der Waals surface area (Å²) < 4.78 is 43.5. The monoisotopic (exact) mass is 547 g/mol. The Kier molecular flexibility index (Phi) is 9.13. The Balaban J connectivity index is 0.00000180. The molecule has 198 valence electrons. The first-order valence-corrected chi connectivity index (χ1v) is 11.7. The summed E-state index contributed by atoms with van der Waals surface area (Å²) in [5.41, 5.74) is 7.98. The summed E-state index contributed by atoms with van der Waals surface area (Å²) in [6, 6.07) is 6.38. The van der Waals surface area contributed by atoms with Crippen LogP contribution in [0.5, 0.6) is 5.75 Å². The first kappa shape index (κ1) is 28.1. The lowest BCUT2D eigenvalue weighted by atomic mass is 9.92. The fourth-order valence-electron chi connectivity index (χ4n) is 4.84. The van der Waals surface area contributed by atoms with Gasteiger partial charge in [0.15, 0.2) is 17.0 Å². The normalized spacial score (nSPS) is 20.4. The van der Waals surface area contributed by atoms with Gasteiger partial charge in [-0.1, -0.05) is 12.8 Å². The van der Waals surface area contributed by atoms with Crippen LogP contribution in [-0.2, 0) is 0 Å². The number of hydrogen-bond donors (Lipinski definition) is 3. The van der Waals surface area contributed by atoms with Crippen LogP contribution >= 0.6 is 24.8 Å². The number of ether oxygens (including phenoxy) is 1. The van der Waals surface area contributed by atoms with Gasteiger partial charge in [0.1, 0.15) is 5.75 Å². The van der Waals surface area contributed by atoms with E-state index in [2.05, 4.69) is 29.9 Å². The number of alkyl halides is 3. The molecule has 0 aliphatic heterocycles. The molecule has 0 amide bonds. The lowest BCUT2D eigenvalue weighted by Gasteiger charge is -2.27. The number of imidazole rings is 1. The number of fused-ring (bicyclic) bond motifs is 1. The van der Waals surface area contributed by atoms with E-state index in [1.165, 1.54) is 37.1 Å². The van der Waals surface area contributed by atoms with E-state index in [1.54, 1.807) is 0 Å². The third-order valence-electron chi connectivity index (χ3n) is 6.60. The molecule has 0 spiro atoms. The number of rotatable bonds is 6. The van der Waals surface area contributed by atoms with Crippen molar-refractivity contribution in [2.24, 2.45) is 5.73 Å². The fraction of sp³-hybridized carbons (Fsp3) is 0.522. The summed E-state index contributed by atoms with van der Waals surface area (Å²) >= 11 is 0. The molecule has 2 aliphatic carbocycles. The second-order valence-electron chi connectivity index (χ2n) is 9.11. The molecule has 3 aromatic rings. The molecule has 8 nitrogen and oxygen atoms in total. The number of aromatic nitrogens is 4. The Bertz CT molecular complexity index is 1130. The maximum absolute atomic E-state index is 12.5. The first-order chi connectivity index (χ1) is 16.3. The Hall–Kier alpha value is -2.50. The van der Waals surface area contributed by atoms with E-state index in [4.69, 9.17) is 10.7 Å². The summed E-state index contributed by atoms with van der Waals surface area (Å²) in [5, 5.41) is 6.66. The van der Waals surface area contributed by atoms with Gasteiger partial charge in [0.25, 0.3) is 0 Å². The third kappa shape index (κ3) is 6.63. The van der Waals surface area contributed by atoms with E-state index in [0.29, 0.717) is 29.0 Å². The SMILES string of the molecule is Cl.Cl.N[C@H]1CC[C@H](Nc2nc(Nc3ccc(OC(F)(F)F)cc3)c3ncn(C4CCCC4)c3n2)CC1. The van der Waals surface area contributed by atoms with Gasteiger partial charge < -0.3 is 25.7 Å². The van der Waals surface area contributed by atoms with Crippen molar-refractivity contribution < 1.29 is 17.9 Å². The minimum absolute atomic E-state index is 0. The maximum atomic E-state index is 12.5. The molecule has 4 N–H and O–H groups in total. The van der Waals surface area contributed by atoms with Crippen molar-refractivity contribution in [1.82, 2.24) is 19.5 Å². The van der Waals surface area contributed by atoms with Gasteiger partial charge in [0, 0.05) is 23.8 Å². The van der Waals surface area contributed by atoms with Gasteiger partial charge in [-0.15, -0.1) is 38.0 Å². The van der Waals surface area contributed by atoms with Crippen molar-refractivity contribution in [1.29, 1.82) is 0 Å². The molecule has 2 aromatic heterocycles. The Labute approximate surface area is 219 Å². The van der Waals surface area contributed by atoms with Gasteiger partial charge in [-0.25, -0.2) is 4.98 Å². The standard InChI is InChI=1S/C23H28F3N7O.2ClH/c24-23(25,26)34-18-11-9-15(10-12-18)29-20-19-21(33(13-28-19)17-3-1-2-4-17)32-22(31-20)30-16-7-5-14(27)6-8-16;;/h9-14,16-17H,1-8,27H2,(H2,29,30,31,32);2*1H/t14-,16-;;. The predicted octanol–water partition coefficient (Wildman–Crippen LogP) is 6.11. The van der Waals surface area contributed by atoms with Gasteiger partial charge in [0.05, 0.1) is 6.33 Å². The molecule has 0 bridgehead atoms. The third-order valence-corrected chi connectivity index (χ3v) is 6.60. The van der Waals surface area contributed by atoms with E-state index >= 15 is 0 Å². The number of nitrogens with two attached hydrogens (primary N) is 1. The van der Waals surface area contributed by atoms with E-state index in [1.807, 2.05) is 6.33 Å². The zero-order chi connectivity index (χ0) is 23.7. The molecular formula is C23H30Cl2F3N7O. The lowest BCUT2D eigenvalue weighted by molar-refractivity contribution is -0.274. The van der Waals surface area contributed by atoms with Gasteiger partial charge in [-0.05, 0) is 62.8 Å². The fourth-order valence-corrected chi connectivity index (χ4v) is 4.84. The van der Waals surface area contributed by atoms with Crippen LogP contribution in [0.2, 0.25) is 0 Å². The Morgan fingerprint density at radius 2 is 1.61 bits per heavy atom. The molecule has 5 rings (SSSR count). The molecule has 1 aromatic carbocycles. The number of hydrogen-bond acceptors (Lipinski definition) is 7. The number of nitrogens with zero attached hydrogens (tertiary/aromatic N) is 4. The van der Waals surface area contributed by atoms with Crippen LogP contribution in [-0.4, -0.2) is 38.0 Å². The van der Waals surface area contributed by atoms with Crippen molar-refractivity contribution in [3.05, 3.63) is 30.6 Å². The number of anilines is 3. The second-order valence-corrected chi connectivity index (χ2v) is 9.11. The highest BCUT2D eigenvalue weighted by Gasteiger charge is 2.31. The zero-order valence-corrected chi connectivity index (χ0v) is 21.1. The highest BCUT2D eigenvalue weighted by atomic mass is 35.5. The molecule has 13 heteroatoms. The highest BCUT2D eigenvalue weighted by Crippen LogP contribution is 2.34. The van der Waals surface area contributed by atoms with Crippen LogP contribution in [0.15, 0.2) is 30.6 Å². The lowest BCUT2D eigenvalue weighted by Crippen LogP contribution is -2.33. The molecule has 36 heavy (non-hydrogen) atoms. The van der Waals surface area contributed by atoms with E-state index < -0.39 is 6.36 Å². The maximum Gasteiger partial charge on any atom is 0.573 e. The van der Waals surface area contributed by atoms with E-state index in [0.717, 1.165) is 44.2 Å². The molecular weight excluding hydrogens is 518 g/mol.